The third-order valence-corrected chi connectivity index (χ3v) is 9.05. The molecule has 0 unspecified atom stereocenters. The third kappa shape index (κ3) is 2.19. The van der Waals surface area contributed by atoms with E-state index in [0.717, 1.165) is 0 Å². The fraction of sp³-hybridized carbons (Fsp3) is 1.00. The molecule has 0 heterocycles. The van der Waals surface area contributed by atoms with Gasteiger partial charge in [0.05, 0.1) is 0 Å². The molecule has 0 saturated carbocycles. The van der Waals surface area contributed by atoms with Gasteiger partial charge in [-0.25, -0.2) is 0 Å². The average molecular weight is 197 g/mol. The Bertz CT molecular complexity index is 125. The molecule has 11 heavy (non-hydrogen) atoms. The Morgan fingerprint density at radius 2 is 1.09 bits per heavy atom. The second-order valence-electron chi connectivity index (χ2n) is 5.07. The summed E-state index contributed by atoms with van der Waals surface area (Å²) in [4.78, 5) is 0. The van der Waals surface area contributed by atoms with Crippen LogP contribution in [0.15, 0.2) is 0 Å². The number of hydrogen-bond donors (Lipinski definition) is 0. The van der Waals surface area contributed by atoms with Gasteiger partial charge in [0, 0.05) is 0 Å². The summed E-state index contributed by atoms with van der Waals surface area (Å²) in [7, 11) is -3.13. The molecule has 0 fully saturated rings. The van der Waals surface area contributed by atoms with Crippen molar-refractivity contribution in [3.05, 3.63) is 0 Å². The van der Waals surface area contributed by atoms with Gasteiger partial charge in [-0.2, -0.15) is 0 Å². The molecule has 0 aliphatic carbocycles. The van der Waals surface area contributed by atoms with Crippen LogP contribution in [0.3, 0.4) is 0 Å². The maximum absolute atomic E-state index is 14.0. The zero-order chi connectivity index (χ0) is 9.50. The molecular weight excluding hydrogens is 179 g/mol. The molecule has 0 spiro atoms. The van der Waals surface area contributed by atoms with Crippen LogP contribution in [0, 0.1) is 0 Å². The van der Waals surface area contributed by atoms with E-state index in [1.165, 1.54) is 0 Å². The summed E-state index contributed by atoms with van der Waals surface area (Å²) < 4.78 is 14.0. The maximum Gasteiger partial charge on any atom is 0.349 e. The third-order valence-electron chi connectivity index (χ3n) is 1.88. The molecule has 0 aromatic carbocycles. The molecule has 0 aromatic heterocycles. The minimum Gasteiger partial charge on any atom is -0.292 e. The summed E-state index contributed by atoms with van der Waals surface area (Å²) in [5.41, 5.74) is 0. The summed E-state index contributed by atoms with van der Waals surface area (Å²) in [6, 6.07) is 0. The molecule has 0 radical (unpaired) electrons. The first-order chi connectivity index (χ1) is 4.50. The number of rotatable bonds is 0. The minimum absolute atomic E-state index is 0.382. The maximum atomic E-state index is 14.0. The quantitative estimate of drug-likeness (QED) is 0.402. The van der Waals surface area contributed by atoms with Crippen LogP contribution in [0.1, 0.15) is 41.5 Å². The molecule has 0 saturated heterocycles. The number of hydrogen-bond acceptors (Lipinski definition) is 0. The minimum atomic E-state index is -3.13. The van der Waals surface area contributed by atoms with Gasteiger partial charge in [-0.3, -0.25) is 4.11 Å². The van der Waals surface area contributed by atoms with Crippen molar-refractivity contribution in [2.75, 3.05) is 0 Å². The first-order valence-electron chi connectivity index (χ1n) is 3.88. The molecule has 0 aliphatic rings. The van der Waals surface area contributed by atoms with E-state index in [1.54, 1.807) is 0 Å². The van der Waals surface area contributed by atoms with Gasteiger partial charge in [-0.05, 0) is 10.1 Å². The van der Waals surface area contributed by atoms with E-state index in [0.29, 0.717) is 0 Å². The SMILES string of the molecule is CC(C)(C)[Si](F)(Cl)C(C)(C)C. The van der Waals surface area contributed by atoms with E-state index in [2.05, 4.69) is 0 Å². The molecule has 0 nitrogen and oxygen atoms in total. The Morgan fingerprint density at radius 3 is 1.09 bits per heavy atom. The Kier molecular flexibility index (Phi) is 2.84. The lowest BCUT2D eigenvalue weighted by molar-refractivity contribution is 0.546. The van der Waals surface area contributed by atoms with Gasteiger partial charge >= 0.3 is 7.72 Å². The zero-order valence-electron chi connectivity index (χ0n) is 8.26. The van der Waals surface area contributed by atoms with Crippen molar-refractivity contribution in [2.24, 2.45) is 0 Å². The summed E-state index contributed by atoms with van der Waals surface area (Å²) in [5.74, 6) is 0. The lowest BCUT2D eigenvalue weighted by atomic mass is 10.2. The normalized spacial score (nSPS) is 15.3. The average Bonchev–Trinajstić information content (AvgIpc) is 1.58. The Balaban J connectivity index is 4.75. The second-order valence-corrected chi connectivity index (χ2v) is 10.8. The number of halogens is 2. The van der Waals surface area contributed by atoms with Gasteiger partial charge in [0.15, 0.2) is 0 Å². The van der Waals surface area contributed by atoms with Gasteiger partial charge < -0.3 is 0 Å². The molecule has 0 amide bonds. The Morgan fingerprint density at radius 1 is 0.909 bits per heavy atom. The van der Waals surface area contributed by atoms with Gasteiger partial charge in [-0.15, -0.1) is 11.1 Å². The van der Waals surface area contributed by atoms with Crippen LogP contribution in [0.4, 0.5) is 4.11 Å². The monoisotopic (exact) mass is 196 g/mol. The highest BCUT2D eigenvalue weighted by molar-refractivity contribution is 7.19. The largest absolute Gasteiger partial charge is 0.349 e. The lowest BCUT2D eigenvalue weighted by Crippen LogP contribution is -2.42. The highest BCUT2D eigenvalue weighted by atomic mass is 35.6. The van der Waals surface area contributed by atoms with Crippen LogP contribution >= 0.6 is 11.1 Å². The van der Waals surface area contributed by atoms with Crippen molar-refractivity contribution in [3.63, 3.8) is 0 Å². The fourth-order valence-corrected chi connectivity index (χ4v) is 3.38. The van der Waals surface area contributed by atoms with Crippen LogP contribution in [0.5, 0.6) is 0 Å². The van der Waals surface area contributed by atoms with E-state index in [9.17, 15) is 4.11 Å². The molecule has 68 valence electrons. The molecule has 0 atom stereocenters. The summed E-state index contributed by atoms with van der Waals surface area (Å²) in [6.45, 7) is 11.2. The van der Waals surface area contributed by atoms with Crippen LogP contribution in [0.25, 0.3) is 0 Å². The fourth-order valence-electron chi connectivity index (χ4n) is 1.12. The first-order valence-corrected chi connectivity index (χ1v) is 6.77. The second kappa shape index (κ2) is 2.73. The molecular formula is C8H18ClFSi. The smallest absolute Gasteiger partial charge is 0.292 e. The molecule has 3 heteroatoms. The van der Waals surface area contributed by atoms with Crippen molar-refractivity contribution in [1.82, 2.24) is 0 Å². The van der Waals surface area contributed by atoms with Crippen molar-refractivity contribution in [3.8, 4) is 0 Å². The molecule has 0 aromatic rings. The van der Waals surface area contributed by atoms with Gasteiger partial charge in [0.2, 0.25) is 0 Å². The van der Waals surface area contributed by atoms with Gasteiger partial charge in [0.1, 0.15) is 0 Å². The van der Waals surface area contributed by atoms with E-state index >= 15 is 0 Å². The summed E-state index contributed by atoms with van der Waals surface area (Å²) in [5, 5.41) is -0.764. The van der Waals surface area contributed by atoms with Crippen LogP contribution in [-0.2, 0) is 0 Å². The van der Waals surface area contributed by atoms with E-state index in [4.69, 9.17) is 11.1 Å². The Labute approximate surface area is 75.0 Å². The van der Waals surface area contributed by atoms with Crippen LogP contribution < -0.4 is 0 Å². The van der Waals surface area contributed by atoms with E-state index < -0.39 is 7.72 Å². The predicted octanol–water partition coefficient (Wildman–Crippen LogP) is 4.24. The van der Waals surface area contributed by atoms with Crippen molar-refractivity contribution >= 4 is 18.8 Å². The standard InChI is InChI=1S/C8H18ClFSi/c1-7(2,3)11(9,10)8(4,5)6/h1-6H3. The van der Waals surface area contributed by atoms with Gasteiger partial charge in [-0.1, -0.05) is 41.5 Å². The molecule has 0 N–H and O–H groups in total. The Hall–Kier alpha value is 0.437. The zero-order valence-corrected chi connectivity index (χ0v) is 10.0. The predicted molar refractivity (Wildman–Crippen MR) is 52.1 cm³/mol. The highest BCUT2D eigenvalue weighted by Gasteiger charge is 2.54. The van der Waals surface area contributed by atoms with Crippen molar-refractivity contribution in [1.29, 1.82) is 0 Å². The first kappa shape index (κ1) is 11.4. The van der Waals surface area contributed by atoms with Crippen molar-refractivity contribution < 1.29 is 4.11 Å². The lowest BCUT2D eigenvalue weighted by Gasteiger charge is -2.39. The summed E-state index contributed by atoms with van der Waals surface area (Å²) in [6.07, 6.45) is 0. The molecule has 0 bridgehead atoms. The molecule has 0 aliphatic heterocycles. The van der Waals surface area contributed by atoms with Crippen LogP contribution in [-0.4, -0.2) is 7.72 Å². The van der Waals surface area contributed by atoms with Gasteiger partial charge in [0.25, 0.3) is 0 Å². The van der Waals surface area contributed by atoms with E-state index in [1.807, 2.05) is 41.5 Å². The summed E-state index contributed by atoms with van der Waals surface area (Å²) >= 11 is 5.96. The topological polar surface area (TPSA) is 0 Å². The van der Waals surface area contributed by atoms with E-state index in [-0.39, 0.29) is 10.1 Å². The van der Waals surface area contributed by atoms with Crippen LogP contribution in [0.2, 0.25) is 10.1 Å². The van der Waals surface area contributed by atoms with Crippen molar-refractivity contribution in [2.45, 2.75) is 51.6 Å². The molecule has 0 rings (SSSR count). The highest BCUT2D eigenvalue weighted by Crippen LogP contribution is 2.54.